The number of benzene rings is 1. The Kier molecular flexibility index (Phi) is 9.81. The number of aldehydes is 1. The molecular formula is C24H28N2O5S. The van der Waals surface area contributed by atoms with Gasteiger partial charge < -0.3 is 20.5 Å². The van der Waals surface area contributed by atoms with E-state index in [1.165, 1.54) is 11.3 Å². The van der Waals surface area contributed by atoms with Crippen molar-refractivity contribution in [2.24, 2.45) is 0 Å². The normalized spacial score (nSPS) is 12.4. The van der Waals surface area contributed by atoms with Gasteiger partial charge in [0.1, 0.15) is 12.3 Å². The molecule has 0 bridgehead atoms. The zero-order chi connectivity index (χ0) is 23.5. The maximum atomic E-state index is 12.8. The lowest BCUT2D eigenvalue weighted by molar-refractivity contribution is -0.134. The van der Waals surface area contributed by atoms with Crippen LogP contribution in [0.1, 0.15) is 41.2 Å². The van der Waals surface area contributed by atoms with Crippen LogP contribution in [0, 0.1) is 6.92 Å². The Labute approximate surface area is 191 Å². The average molecular weight is 457 g/mol. The highest BCUT2D eigenvalue weighted by Crippen LogP contribution is 2.27. The van der Waals surface area contributed by atoms with E-state index in [0.29, 0.717) is 38.5 Å². The van der Waals surface area contributed by atoms with Crippen LogP contribution in [0.2, 0.25) is 0 Å². The molecule has 32 heavy (non-hydrogen) atoms. The summed E-state index contributed by atoms with van der Waals surface area (Å²) in [7, 11) is 0. The summed E-state index contributed by atoms with van der Waals surface area (Å²) in [6.07, 6.45) is 2.56. The molecule has 0 saturated carbocycles. The monoisotopic (exact) mass is 456 g/mol. The number of carbonyl (C=O) groups is 4. The minimum absolute atomic E-state index is 0.0483. The molecule has 1 unspecified atom stereocenters. The van der Waals surface area contributed by atoms with Crippen molar-refractivity contribution < 1.29 is 24.3 Å². The molecule has 2 aromatic rings. The molecule has 1 heterocycles. The number of nitrogens with one attached hydrogen (secondary N) is 2. The van der Waals surface area contributed by atoms with Crippen LogP contribution in [-0.4, -0.2) is 41.8 Å². The largest absolute Gasteiger partial charge is 0.478 e. The maximum Gasteiger partial charge on any atom is 0.333 e. The number of amides is 2. The highest BCUT2D eigenvalue weighted by atomic mass is 32.1. The number of rotatable bonds is 13. The van der Waals surface area contributed by atoms with Gasteiger partial charge in [-0.1, -0.05) is 43.3 Å². The fourth-order valence-electron chi connectivity index (χ4n) is 3.23. The van der Waals surface area contributed by atoms with E-state index in [4.69, 9.17) is 5.11 Å². The van der Waals surface area contributed by atoms with E-state index in [1.807, 2.05) is 48.7 Å². The van der Waals surface area contributed by atoms with Gasteiger partial charge >= 0.3 is 5.97 Å². The van der Waals surface area contributed by atoms with Crippen molar-refractivity contribution in [3.05, 3.63) is 69.9 Å². The average Bonchev–Trinajstić information content (AvgIpc) is 3.29. The lowest BCUT2D eigenvalue weighted by Crippen LogP contribution is -2.41. The molecule has 0 radical (unpaired) electrons. The Morgan fingerprint density at radius 2 is 1.91 bits per heavy atom. The molecule has 0 saturated heterocycles. The fourth-order valence-corrected chi connectivity index (χ4v) is 4.09. The lowest BCUT2D eigenvalue weighted by Gasteiger charge is -2.19. The first kappa shape index (κ1) is 25.0. The van der Waals surface area contributed by atoms with E-state index in [9.17, 15) is 19.2 Å². The van der Waals surface area contributed by atoms with Crippen LogP contribution in [0.5, 0.6) is 0 Å². The van der Waals surface area contributed by atoms with Gasteiger partial charge in [0, 0.05) is 11.4 Å². The number of thiophene rings is 1. The van der Waals surface area contributed by atoms with Gasteiger partial charge in [0.05, 0.1) is 17.9 Å². The topological polar surface area (TPSA) is 113 Å². The molecule has 1 aromatic carbocycles. The van der Waals surface area contributed by atoms with Crippen LogP contribution >= 0.6 is 11.3 Å². The van der Waals surface area contributed by atoms with E-state index in [2.05, 4.69) is 17.2 Å². The van der Waals surface area contributed by atoms with Gasteiger partial charge in [0.25, 0.3) is 0 Å². The first-order chi connectivity index (χ1) is 15.3. The minimum atomic E-state index is -1.34. The first-order valence-corrected chi connectivity index (χ1v) is 11.2. The molecule has 3 N–H and O–H groups in total. The van der Waals surface area contributed by atoms with Crippen LogP contribution in [-0.2, 0) is 25.6 Å². The lowest BCUT2D eigenvalue weighted by atomic mass is 9.98. The molecule has 0 aliphatic rings. The molecule has 7 nitrogen and oxygen atoms in total. The zero-order valence-electron chi connectivity index (χ0n) is 18.0. The second-order valence-electron chi connectivity index (χ2n) is 7.47. The summed E-state index contributed by atoms with van der Waals surface area (Å²) in [5.41, 5.74) is 1.69. The summed E-state index contributed by atoms with van der Waals surface area (Å²) < 4.78 is 0. The fraction of sp³-hybridized carbons (Fsp3) is 0.333. The highest BCUT2D eigenvalue weighted by molar-refractivity contribution is 7.10. The first-order valence-electron chi connectivity index (χ1n) is 10.4. The zero-order valence-corrected chi connectivity index (χ0v) is 18.8. The van der Waals surface area contributed by atoms with Crippen LogP contribution in [0.25, 0.3) is 0 Å². The second-order valence-corrected chi connectivity index (χ2v) is 8.45. The van der Waals surface area contributed by atoms with Crippen molar-refractivity contribution in [3.8, 4) is 0 Å². The Balaban J connectivity index is 1.85. The standard InChI is InChI=1S/C24H28N2O5S/c1-16-8-3-4-9-18(16)14-22(28)25-12-6-5-10-19(21-11-7-13-32-21)23(29)26-20(15-27)17(2)24(30)31/h3-4,7-9,11,13,15,19-20H,2,5-6,10,12,14H2,1H3,(H,25,28)(H,26,29)(H,30,31)/t19?,20-/m1/s1. The van der Waals surface area contributed by atoms with Gasteiger partial charge in [-0.25, -0.2) is 4.79 Å². The van der Waals surface area contributed by atoms with Crippen LogP contribution in [0.15, 0.2) is 53.9 Å². The number of carboxylic acids is 1. The summed E-state index contributed by atoms with van der Waals surface area (Å²) in [5, 5.41) is 16.3. The Bertz CT molecular complexity index is 955. The van der Waals surface area contributed by atoms with Crippen molar-refractivity contribution in [1.82, 2.24) is 10.6 Å². The number of carbonyl (C=O) groups excluding carboxylic acids is 3. The molecule has 0 aliphatic heterocycles. The van der Waals surface area contributed by atoms with E-state index < -0.39 is 23.8 Å². The van der Waals surface area contributed by atoms with Crippen molar-refractivity contribution in [2.75, 3.05) is 6.54 Å². The molecule has 0 spiro atoms. The van der Waals surface area contributed by atoms with Gasteiger partial charge in [-0.05, 0) is 42.3 Å². The van der Waals surface area contributed by atoms with Gasteiger partial charge in [0.15, 0.2) is 0 Å². The van der Waals surface area contributed by atoms with Crippen LogP contribution < -0.4 is 10.6 Å². The number of unbranched alkanes of at least 4 members (excludes halogenated alkanes) is 1. The summed E-state index contributed by atoms with van der Waals surface area (Å²) in [6.45, 7) is 5.82. The third kappa shape index (κ3) is 7.46. The molecule has 2 amide bonds. The Hall–Kier alpha value is -3.26. The van der Waals surface area contributed by atoms with Crippen molar-refractivity contribution >= 4 is 35.4 Å². The van der Waals surface area contributed by atoms with Crippen molar-refractivity contribution in [1.29, 1.82) is 0 Å². The summed E-state index contributed by atoms with van der Waals surface area (Å²) in [5.74, 6) is -2.32. The van der Waals surface area contributed by atoms with Gasteiger partial charge in [0.2, 0.25) is 11.8 Å². The van der Waals surface area contributed by atoms with Crippen LogP contribution in [0.4, 0.5) is 0 Å². The van der Waals surface area contributed by atoms with Crippen molar-refractivity contribution in [2.45, 2.75) is 44.6 Å². The van der Waals surface area contributed by atoms with Crippen LogP contribution in [0.3, 0.4) is 0 Å². The SMILES string of the molecule is C=C(C(=O)O)[C@@H](C=O)NC(=O)C(CCCCNC(=O)Cc1ccccc1C)c1cccs1. The Morgan fingerprint density at radius 3 is 2.53 bits per heavy atom. The van der Waals surface area contributed by atoms with Gasteiger partial charge in [-0.2, -0.15) is 0 Å². The third-order valence-electron chi connectivity index (χ3n) is 5.14. The maximum absolute atomic E-state index is 12.8. The summed E-state index contributed by atoms with van der Waals surface area (Å²) in [6, 6.07) is 10.1. The van der Waals surface area contributed by atoms with E-state index in [1.54, 1.807) is 0 Å². The number of hydrogen-bond acceptors (Lipinski definition) is 5. The summed E-state index contributed by atoms with van der Waals surface area (Å²) >= 11 is 1.42. The molecule has 170 valence electrons. The van der Waals surface area contributed by atoms with Gasteiger partial charge in [-0.3, -0.25) is 9.59 Å². The quantitative estimate of drug-likeness (QED) is 0.244. The molecule has 1 aromatic heterocycles. The highest BCUT2D eigenvalue weighted by Gasteiger charge is 2.26. The molecule has 2 rings (SSSR count). The predicted octanol–water partition coefficient (Wildman–Crippen LogP) is 2.99. The minimum Gasteiger partial charge on any atom is -0.478 e. The smallest absolute Gasteiger partial charge is 0.333 e. The number of aryl methyl sites for hydroxylation is 1. The molecule has 0 fully saturated rings. The van der Waals surface area contributed by atoms with Gasteiger partial charge in [-0.15, -0.1) is 11.3 Å². The third-order valence-corrected chi connectivity index (χ3v) is 6.13. The number of carboxylic acid groups (broad SMARTS) is 1. The van der Waals surface area contributed by atoms with Crippen molar-refractivity contribution in [3.63, 3.8) is 0 Å². The number of aliphatic carboxylic acids is 1. The predicted molar refractivity (Wildman–Crippen MR) is 124 cm³/mol. The molecule has 2 atom stereocenters. The molecule has 8 heteroatoms. The molecular weight excluding hydrogens is 428 g/mol. The van der Waals surface area contributed by atoms with E-state index in [0.717, 1.165) is 16.0 Å². The summed E-state index contributed by atoms with van der Waals surface area (Å²) in [4.78, 5) is 48.1. The molecule has 0 aliphatic carbocycles. The Morgan fingerprint density at radius 1 is 1.16 bits per heavy atom. The second kappa shape index (κ2) is 12.6. The van der Waals surface area contributed by atoms with E-state index in [-0.39, 0.29) is 11.5 Å². The van der Waals surface area contributed by atoms with E-state index >= 15 is 0 Å². The number of hydrogen-bond donors (Lipinski definition) is 3.